The number of benzene rings is 2. The number of pyridine rings is 1. The number of hydrogen-bond donors (Lipinski definition) is 1. The molecule has 0 amide bonds. The van der Waals surface area contributed by atoms with Gasteiger partial charge in [0.2, 0.25) is 0 Å². The van der Waals surface area contributed by atoms with Crippen LogP contribution in [-0.4, -0.2) is 4.98 Å². The largest absolute Gasteiger partial charge is 0.320 e. The molecule has 0 fully saturated rings. The Balaban J connectivity index is 2.15. The summed E-state index contributed by atoms with van der Waals surface area (Å²) in [6, 6.07) is 15.7. The summed E-state index contributed by atoms with van der Waals surface area (Å²) >= 11 is 6.01. The van der Waals surface area contributed by atoms with Crippen LogP contribution in [0.3, 0.4) is 0 Å². The van der Waals surface area contributed by atoms with Gasteiger partial charge < -0.3 is 5.73 Å². The maximum atomic E-state index is 6.46. The third kappa shape index (κ3) is 2.28. The monoisotopic (exact) mass is 282 g/mol. The number of nitrogens with two attached hydrogens (primary N) is 1. The maximum Gasteiger partial charge on any atom is 0.0705 e. The Morgan fingerprint density at radius 3 is 2.70 bits per heavy atom. The first-order valence-electron chi connectivity index (χ1n) is 6.52. The van der Waals surface area contributed by atoms with Gasteiger partial charge in [-0.3, -0.25) is 4.98 Å². The Labute approximate surface area is 123 Å². The molecule has 1 aromatic heterocycles. The molecule has 0 bridgehead atoms. The van der Waals surface area contributed by atoms with Crippen LogP contribution in [0.2, 0.25) is 5.02 Å². The minimum absolute atomic E-state index is 0.180. The molecule has 2 N–H and O–H groups in total. The molecule has 3 rings (SSSR count). The summed E-state index contributed by atoms with van der Waals surface area (Å²) in [6.45, 7) is 2.03. The normalized spacial score (nSPS) is 12.6. The molecule has 1 atom stereocenters. The molecule has 20 heavy (non-hydrogen) atoms. The lowest BCUT2D eigenvalue weighted by Gasteiger charge is -2.17. The summed E-state index contributed by atoms with van der Waals surface area (Å²) in [7, 11) is 0. The summed E-state index contributed by atoms with van der Waals surface area (Å²) in [5.74, 6) is 0. The van der Waals surface area contributed by atoms with E-state index in [0.717, 1.165) is 32.6 Å². The lowest BCUT2D eigenvalue weighted by atomic mass is 9.93. The second-order valence-electron chi connectivity index (χ2n) is 4.90. The highest BCUT2D eigenvalue weighted by Crippen LogP contribution is 2.29. The van der Waals surface area contributed by atoms with E-state index < -0.39 is 0 Å². The molecule has 0 aliphatic carbocycles. The number of aryl methyl sites for hydroxylation is 1. The van der Waals surface area contributed by atoms with Crippen LogP contribution in [0.5, 0.6) is 0 Å². The van der Waals surface area contributed by atoms with Crippen molar-refractivity contribution in [3.63, 3.8) is 0 Å². The number of hydrogen-bond acceptors (Lipinski definition) is 2. The van der Waals surface area contributed by atoms with Crippen LogP contribution in [0, 0.1) is 6.92 Å². The first kappa shape index (κ1) is 13.1. The van der Waals surface area contributed by atoms with E-state index >= 15 is 0 Å². The highest BCUT2D eigenvalue weighted by Gasteiger charge is 2.14. The fourth-order valence-corrected chi connectivity index (χ4v) is 2.78. The zero-order valence-corrected chi connectivity index (χ0v) is 11.9. The predicted octanol–water partition coefficient (Wildman–Crippen LogP) is 4.24. The second kappa shape index (κ2) is 5.23. The van der Waals surface area contributed by atoms with E-state index in [1.165, 1.54) is 0 Å². The van der Waals surface area contributed by atoms with E-state index in [1.54, 1.807) is 6.20 Å². The van der Waals surface area contributed by atoms with Crippen LogP contribution in [0.25, 0.3) is 10.9 Å². The predicted molar refractivity (Wildman–Crippen MR) is 84.0 cm³/mol. The van der Waals surface area contributed by atoms with Crippen molar-refractivity contribution in [1.82, 2.24) is 4.98 Å². The fraction of sp³-hybridized carbons (Fsp3) is 0.118. The summed E-state index contributed by atoms with van der Waals surface area (Å²) in [5.41, 5.74) is 10.7. The smallest absolute Gasteiger partial charge is 0.0705 e. The molecular formula is C17H15ClN2. The summed E-state index contributed by atoms with van der Waals surface area (Å²) in [5, 5.41) is 1.83. The van der Waals surface area contributed by atoms with Crippen LogP contribution in [0.4, 0.5) is 0 Å². The molecule has 3 aromatic rings. The van der Waals surface area contributed by atoms with Crippen molar-refractivity contribution in [1.29, 1.82) is 0 Å². The summed E-state index contributed by atoms with van der Waals surface area (Å²) < 4.78 is 0. The van der Waals surface area contributed by atoms with Gasteiger partial charge in [-0.2, -0.15) is 0 Å². The highest BCUT2D eigenvalue weighted by atomic mass is 35.5. The average Bonchev–Trinajstić information content (AvgIpc) is 2.46. The van der Waals surface area contributed by atoms with Gasteiger partial charge in [0.1, 0.15) is 0 Å². The molecule has 0 aliphatic rings. The van der Waals surface area contributed by atoms with Crippen molar-refractivity contribution in [2.45, 2.75) is 13.0 Å². The van der Waals surface area contributed by atoms with Gasteiger partial charge in [-0.1, -0.05) is 35.9 Å². The molecule has 0 aliphatic heterocycles. The van der Waals surface area contributed by atoms with Gasteiger partial charge in [0.25, 0.3) is 0 Å². The number of aromatic nitrogens is 1. The molecule has 1 heterocycles. The van der Waals surface area contributed by atoms with Crippen molar-refractivity contribution in [2.24, 2.45) is 5.73 Å². The molecule has 100 valence electrons. The Hall–Kier alpha value is -1.90. The average molecular weight is 283 g/mol. The summed E-state index contributed by atoms with van der Waals surface area (Å²) in [6.07, 6.45) is 1.80. The first-order valence-corrected chi connectivity index (χ1v) is 6.90. The van der Waals surface area contributed by atoms with Gasteiger partial charge in [0.15, 0.2) is 0 Å². The number of nitrogens with zero attached hydrogens (tertiary/aromatic N) is 1. The quantitative estimate of drug-likeness (QED) is 0.763. The van der Waals surface area contributed by atoms with Crippen LogP contribution in [0.15, 0.2) is 54.7 Å². The van der Waals surface area contributed by atoms with Crippen LogP contribution >= 0.6 is 11.6 Å². The fourth-order valence-electron chi connectivity index (χ4n) is 2.55. The lowest BCUT2D eigenvalue weighted by molar-refractivity contribution is 0.870. The van der Waals surface area contributed by atoms with E-state index in [9.17, 15) is 0 Å². The maximum absolute atomic E-state index is 6.46. The lowest BCUT2D eigenvalue weighted by Crippen LogP contribution is -2.13. The number of halogens is 1. The summed E-state index contributed by atoms with van der Waals surface area (Å²) in [4.78, 5) is 4.38. The topological polar surface area (TPSA) is 38.9 Å². The molecule has 1 unspecified atom stereocenters. The molecule has 0 saturated heterocycles. The molecule has 0 saturated carbocycles. The van der Waals surface area contributed by atoms with Crippen molar-refractivity contribution in [3.8, 4) is 0 Å². The van der Waals surface area contributed by atoms with Gasteiger partial charge in [0, 0.05) is 16.6 Å². The minimum atomic E-state index is -0.180. The Morgan fingerprint density at radius 2 is 1.90 bits per heavy atom. The standard InChI is InChI=1S/C17H15ClN2/c1-11-10-12(18)7-8-13(11)17(19)15-4-2-6-16-14(15)5-3-9-20-16/h2-10,17H,19H2,1H3. The first-order chi connectivity index (χ1) is 9.66. The van der Waals surface area contributed by atoms with Gasteiger partial charge in [-0.15, -0.1) is 0 Å². The van der Waals surface area contributed by atoms with Gasteiger partial charge in [0.05, 0.1) is 11.6 Å². The molecule has 2 aromatic carbocycles. The van der Waals surface area contributed by atoms with Crippen molar-refractivity contribution in [3.05, 3.63) is 76.4 Å². The molecule has 3 heteroatoms. The van der Waals surface area contributed by atoms with E-state index in [2.05, 4.69) is 17.1 Å². The third-order valence-corrected chi connectivity index (χ3v) is 3.82. The van der Waals surface area contributed by atoms with Gasteiger partial charge >= 0.3 is 0 Å². The van der Waals surface area contributed by atoms with Crippen molar-refractivity contribution in [2.75, 3.05) is 0 Å². The molecule has 0 spiro atoms. The van der Waals surface area contributed by atoms with Gasteiger partial charge in [-0.05, 0) is 47.9 Å². The zero-order valence-electron chi connectivity index (χ0n) is 11.2. The number of rotatable bonds is 2. The molecule has 2 nitrogen and oxygen atoms in total. The van der Waals surface area contributed by atoms with Gasteiger partial charge in [-0.25, -0.2) is 0 Å². The Kier molecular flexibility index (Phi) is 3.43. The van der Waals surface area contributed by atoms with Crippen LogP contribution < -0.4 is 5.73 Å². The van der Waals surface area contributed by atoms with E-state index in [1.807, 2.05) is 43.3 Å². The Bertz CT molecular complexity index is 763. The van der Waals surface area contributed by atoms with E-state index in [4.69, 9.17) is 17.3 Å². The highest BCUT2D eigenvalue weighted by molar-refractivity contribution is 6.30. The second-order valence-corrected chi connectivity index (χ2v) is 5.33. The van der Waals surface area contributed by atoms with E-state index in [-0.39, 0.29) is 6.04 Å². The van der Waals surface area contributed by atoms with Crippen LogP contribution in [-0.2, 0) is 0 Å². The SMILES string of the molecule is Cc1cc(Cl)ccc1C(N)c1cccc2ncccc12. The van der Waals surface area contributed by atoms with Crippen molar-refractivity contribution < 1.29 is 0 Å². The third-order valence-electron chi connectivity index (χ3n) is 3.58. The van der Waals surface area contributed by atoms with E-state index in [0.29, 0.717) is 0 Å². The molecule has 0 radical (unpaired) electrons. The van der Waals surface area contributed by atoms with Crippen molar-refractivity contribution >= 4 is 22.5 Å². The minimum Gasteiger partial charge on any atom is -0.320 e. The number of fused-ring (bicyclic) bond motifs is 1. The Morgan fingerprint density at radius 1 is 1.05 bits per heavy atom. The molecular weight excluding hydrogens is 268 g/mol. The van der Waals surface area contributed by atoms with Crippen LogP contribution in [0.1, 0.15) is 22.7 Å². The zero-order chi connectivity index (χ0) is 14.1.